The van der Waals surface area contributed by atoms with Crippen molar-refractivity contribution < 1.29 is 9.53 Å². The van der Waals surface area contributed by atoms with Gasteiger partial charge in [-0.25, -0.2) is 0 Å². The van der Waals surface area contributed by atoms with Crippen molar-refractivity contribution in [2.75, 3.05) is 6.61 Å². The van der Waals surface area contributed by atoms with Crippen LogP contribution in [0.4, 0.5) is 0 Å². The third-order valence-corrected chi connectivity index (χ3v) is 3.86. The summed E-state index contributed by atoms with van der Waals surface area (Å²) in [6, 6.07) is 8.73. The number of thiophene rings is 1. The fraction of sp³-hybridized carbons (Fsp3) is 0.154. The number of rotatable bonds is 4. The number of Topliss-reactive ketones (excluding diaryl/α,β-unsaturated/α-hetero) is 1. The van der Waals surface area contributed by atoms with Crippen molar-refractivity contribution in [2.24, 2.45) is 0 Å². The number of carbonyl (C=O) groups is 1. The molecule has 0 N–H and O–H groups in total. The van der Waals surface area contributed by atoms with E-state index >= 15 is 0 Å². The maximum atomic E-state index is 11.8. The van der Waals surface area contributed by atoms with Crippen molar-refractivity contribution >= 4 is 40.3 Å². The molecule has 0 aliphatic heterocycles. The van der Waals surface area contributed by atoms with Crippen LogP contribution in [0.25, 0.3) is 0 Å². The highest BCUT2D eigenvalue weighted by atomic mass is 35.5. The fourth-order valence-corrected chi connectivity index (χ4v) is 2.54. The van der Waals surface area contributed by atoms with Crippen LogP contribution in [0.5, 0.6) is 5.75 Å². The second-order valence-corrected chi connectivity index (χ2v) is 5.88. The number of benzene rings is 1. The molecule has 0 fully saturated rings. The molecule has 0 spiro atoms. The van der Waals surface area contributed by atoms with Gasteiger partial charge in [0.2, 0.25) is 5.78 Å². The molecule has 1 heterocycles. The molecule has 0 aliphatic carbocycles. The minimum Gasteiger partial charge on any atom is -0.485 e. The lowest BCUT2D eigenvalue weighted by atomic mass is 10.2. The van der Waals surface area contributed by atoms with Gasteiger partial charge in [-0.3, -0.25) is 4.79 Å². The summed E-state index contributed by atoms with van der Waals surface area (Å²) in [5.41, 5.74) is 0.941. The number of carbonyl (C=O) groups excluding carboxylic acids is 1. The number of aryl methyl sites for hydroxylation is 1. The van der Waals surface area contributed by atoms with Gasteiger partial charge < -0.3 is 4.74 Å². The van der Waals surface area contributed by atoms with E-state index in [1.54, 1.807) is 24.3 Å². The Hall–Kier alpha value is -1.03. The largest absolute Gasteiger partial charge is 0.485 e. The number of hydrogen-bond donors (Lipinski definition) is 0. The molecule has 5 heteroatoms. The monoisotopic (exact) mass is 300 g/mol. The standard InChI is InChI=1S/C13H10Cl2O2S/c1-8-2-3-9(14)6-11(8)17-7-10(16)12-4-5-13(15)18-12/h2-6H,7H2,1H3. The van der Waals surface area contributed by atoms with Crippen LogP contribution in [-0.4, -0.2) is 12.4 Å². The maximum Gasteiger partial charge on any atom is 0.210 e. The second kappa shape index (κ2) is 5.74. The second-order valence-electron chi connectivity index (χ2n) is 3.73. The van der Waals surface area contributed by atoms with E-state index in [1.165, 1.54) is 11.3 Å². The topological polar surface area (TPSA) is 26.3 Å². The fourth-order valence-electron chi connectivity index (χ4n) is 1.41. The zero-order chi connectivity index (χ0) is 13.1. The van der Waals surface area contributed by atoms with Gasteiger partial charge >= 0.3 is 0 Å². The number of hydrogen-bond acceptors (Lipinski definition) is 3. The van der Waals surface area contributed by atoms with Crippen molar-refractivity contribution in [3.63, 3.8) is 0 Å². The van der Waals surface area contributed by atoms with E-state index in [9.17, 15) is 4.79 Å². The summed E-state index contributed by atoms with van der Waals surface area (Å²) in [4.78, 5) is 12.4. The summed E-state index contributed by atoms with van der Waals surface area (Å²) in [7, 11) is 0. The third kappa shape index (κ3) is 3.25. The molecule has 0 bridgehead atoms. The van der Waals surface area contributed by atoms with Crippen LogP contribution in [0.2, 0.25) is 9.36 Å². The molecule has 0 amide bonds. The molecule has 0 radical (unpaired) electrons. The first kappa shape index (κ1) is 13.4. The van der Waals surface area contributed by atoms with E-state index in [0.29, 0.717) is 20.0 Å². The molecule has 2 rings (SSSR count). The third-order valence-electron chi connectivity index (χ3n) is 2.36. The van der Waals surface area contributed by atoms with Crippen LogP contribution < -0.4 is 4.74 Å². The Labute approximate surface area is 119 Å². The average molecular weight is 301 g/mol. The highest BCUT2D eigenvalue weighted by Gasteiger charge is 2.10. The minimum atomic E-state index is -0.0914. The first-order valence-electron chi connectivity index (χ1n) is 5.24. The van der Waals surface area contributed by atoms with Gasteiger partial charge in [0.15, 0.2) is 6.61 Å². The Kier molecular flexibility index (Phi) is 4.27. The molecule has 0 unspecified atom stereocenters. The van der Waals surface area contributed by atoms with E-state index in [4.69, 9.17) is 27.9 Å². The van der Waals surface area contributed by atoms with Gasteiger partial charge in [-0.1, -0.05) is 29.3 Å². The van der Waals surface area contributed by atoms with Gasteiger partial charge in [0.05, 0.1) is 9.21 Å². The molecule has 0 saturated heterocycles. The normalized spacial score (nSPS) is 10.4. The molecule has 94 valence electrons. The molecule has 18 heavy (non-hydrogen) atoms. The first-order valence-corrected chi connectivity index (χ1v) is 6.81. The summed E-state index contributed by atoms with van der Waals surface area (Å²) in [5, 5.41) is 0.585. The molecular weight excluding hydrogens is 291 g/mol. The Bertz CT molecular complexity index is 578. The molecule has 0 aliphatic rings. The zero-order valence-electron chi connectivity index (χ0n) is 9.57. The smallest absolute Gasteiger partial charge is 0.210 e. The van der Waals surface area contributed by atoms with Gasteiger partial charge in [-0.15, -0.1) is 11.3 Å². The number of ether oxygens (including phenoxy) is 1. The van der Waals surface area contributed by atoms with Crippen molar-refractivity contribution in [3.8, 4) is 5.75 Å². The van der Waals surface area contributed by atoms with Crippen molar-refractivity contribution in [1.29, 1.82) is 0 Å². The minimum absolute atomic E-state index is 0.0158. The molecule has 0 saturated carbocycles. The van der Waals surface area contributed by atoms with Gasteiger partial charge in [0, 0.05) is 5.02 Å². The van der Waals surface area contributed by atoms with Crippen LogP contribution in [0.15, 0.2) is 30.3 Å². The van der Waals surface area contributed by atoms with E-state index < -0.39 is 0 Å². The molecule has 0 atom stereocenters. The predicted octanol–water partition coefficient (Wildman–Crippen LogP) is 4.63. The van der Waals surface area contributed by atoms with Crippen molar-refractivity contribution in [1.82, 2.24) is 0 Å². The molecular formula is C13H10Cl2O2S. The predicted molar refractivity (Wildman–Crippen MR) is 75.3 cm³/mol. The van der Waals surface area contributed by atoms with Crippen molar-refractivity contribution in [2.45, 2.75) is 6.92 Å². The van der Waals surface area contributed by atoms with E-state index in [1.807, 2.05) is 13.0 Å². The van der Waals surface area contributed by atoms with Crippen LogP contribution in [0, 0.1) is 6.92 Å². The number of halogens is 2. The zero-order valence-corrected chi connectivity index (χ0v) is 11.9. The average Bonchev–Trinajstić information content (AvgIpc) is 2.77. The van der Waals surface area contributed by atoms with Gasteiger partial charge in [0.1, 0.15) is 5.75 Å². The summed E-state index contributed by atoms with van der Waals surface area (Å²) < 4.78 is 6.07. The van der Waals surface area contributed by atoms with Crippen LogP contribution in [-0.2, 0) is 0 Å². The molecule has 1 aromatic carbocycles. The van der Waals surface area contributed by atoms with Gasteiger partial charge in [-0.2, -0.15) is 0 Å². The van der Waals surface area contributed by atoms with E-state index in [0.717, 1.165) is 5.56 Å². The van der Waals surface area contributed by atoms with Crippen LogP contribution >= 0.6 is 34.5 Å². The van der Waals surface area contributed by atoms with Crippen LogP contribution in [0.1, 0.15) is 15.2 Å². The lowest BCUT2D eigenvalue weighted by molar-refractivity contribution is 0.0925. The SMILES string of the molecule is Cc1ccc(Cl)cc1OCC(=O)c1ccc(Cl)s1. The van der Waals surface area contributed by atoms with Crippen molar-refractivity contribution in [3.05, 3.63) is 50.1 Å². The lowest BCUT2D eigenvalue weighted by Crippen LogP contribution is -2.10. The maximum absolute atomic E-state index is 11.8. The highest BCUT2D eigenvalue weighted by Crippen LogP contribution is 2.24. The molecule has 1 aromatic heterocycles. The summed E-state index contributed by atoms with van der Waals surface area (Å²) in [6.07, 6.45) is 0. The quantitative estimate of drug-likeness (QED) is 0.770. The summed E-state index contributed by atoms with van der Waals surface area (Å²) in [5.74, 6) is 0.532. The van der Waals surface area contributed by atoms with Gasteiger partial charge in [0.25, 0.3) is 0 Å². The Morgan fingerprint density at radius 1 is 1.28 bits per heavy atom. The lowest BCUT2D eigenvalue weighted by Gasteiger charge is -2.08. The summed E-state index contributed by atoms with van der Waals surface area (Å²) in [6.45, 7) is 1.89. The molecule has 2 aromatic rings. The Morgan fingerprint density at radius 3 is 2.72 bits per heavy atom. The number of ketones is 1. The van der Waals surface area contributed by atoms with Gasteiger partial charge in [-0.05, 0) is 36.8 Å². The van der Waals surface area contributed by atoms with E-state index in [-0.39, 0.29) is 12.4 Å². The summed E-state index contributed by atoms with van der Waals surface area (Å²) >= 11 is 12.9. The molecule has 2 nitrogen and oxygen atoms in total. The first-order chi connectivity index (χ1) is 8.56. The Balaban J connectivity index is 2.03. The Morgan fingerprint density at radius 2 is 2.06 bits per heavy atom. The highest BCUT2D eigenvalue weighted by molar-refractivity contribution is 7.18. The van der Waals surface area contributed by atoms with E-state index in [2.05, 4.69) is 0 Å². The van der Waals surface area contributed by atoms with Crippen LogP contribution in [0.3, 0.4) is 0 Å².